The smallest absolute Gasteiger partial charge is 0.239 e. The Hall–Kier alpha value is -0.610. The van der Waals surface area contributed by atoms with Crippen LogP contribution in [-0.2, 0) is 9.53 Å². The van der Waals surface area contributed by atoms with Gasteiger partial charge in [-0.15, -0.1) is 0 Å². The number of nitrogens with zero attached hydrogens (tertiary/aromatic N) is 1. The zero-order valence-corrected chi connectivity index (χ0v) is 9.15. The molecule has 2 saturated heterocycles. The molecule has 2 N–H and O–H groups in total. The summed E-state index contributed by atoms with van der Waals surface area (Å²) in [6.07, 6.45) is 5.54. The number of hydrogen-bond acceptors (Lipinski definition) is 3. The topological polar surface area (TPSA) is 55.6 Å². The molecule has 86 valence electrons. The van der Waals surface area contributed by atoms with Gasteiger partial charge in [0.25, 0.3) is 0 Å². The van der Waals surface area contributed by atoms with Gasteiger partial charge in [0, 0.05) is 19.7 Å². The Morgan fingerprint density at radius 1 is 1.40 bits per heavy atom. The predicted molar refractivity (Wildman–Crippen MR) is 57.4 cm³/mol. The standard InChI is InChI=1S/C11H20N2O2/c12-10-4-1-6-13(11(10)14)7-5-9-3-2-8-15-9/h9-10H,1-8,12H2. The number of hydrogen-bond donors (Lipinski definition) is 1. The fourth-order valence-electron chi connectivity index (χ4n) is 2.36. The number of nitrogens with two attached hydrogens (primary N) is 1. The first kappa shape index (κ1) is 10.9. The Morgan fingerprint density at radius 2 is 2.27 bits per heavy atom. The molecule has 0 aromatic heterocycles. The van der Waals surface area contributed by atoms with Crippen molar-refractivity contribution < 1.29 is 9.53 Å². The lowest BCUT2D eigenvalue weighted by Gasteiger charge is -2.31. The summed E-state index contributed by atoms with van der Waals surface area (Å²) in [5, 5.41) is 0. The maximum absolute atomic E-state index is 11.7. The van der Waals surface area contributed by atoms with Crippen LogP contribution in [0.15, 0.2) is 0 Å². The van der Waals surface area contributed by atoms with Crippen LogP contribution in [-0.4, -0.2) is 42.6 Å². The molecule has 1 amide bonds. The molecular formula is C11H20N2O2. The summed E-state index contributed by atoms with van der Waals surface area (Å²) in [6, 6.07) is -0.261. The number of amides is 1. The predicted octanol–water partition coefficient (Wildman–Crippen LogP) is 0.505. The summed E-state index contributed by atoms with van der Waals surface area (Å²) in [6.45, 7) is 2.58. The Kier molecular flexibility index (Phi) is 3.59. The van der Waals surface area contributed by atoms with Gasteiger partial charge in [0.2, 0.25) is 5.91 Å². The second kappa shape index (κ2) is 4.94. The molecule has 0 saturated carbocycles. The number of piperidine rings is 1. The van der Waals surface area contributed by atoms with Crippen molar-refractivity contribution in [3.63, 3.8) is 0 Å². The van der Waals surface area contributed by atoms with Crippen molar-refractivity contribution in [2.75, 3.05) is 19.7 Å². The minimum Gasteiger partial charge on any atom is -0.378 e. The van der Waals surface area contributed by atoms with E-state index in [1.54, 1.807) is 0 Å². The van der Waals surface area contributed by atoms with Crippen molar-refractivity contribution in [2.24, 2.45) is 5.73 Å². The Morgan fingerprint density at radius 3 is 3.00 bits per heavy atom. The van der Waals surface area contributed by atoms with Gasteiger partial charge in [0.15, 0.2) is 0 Å². The van der Waals surface area contributed by atoms with Crippen molar-refractivity contribution in [3.8, 4) is 0 Å². The third-order valence-corrected chi connectivity index (χ3v) is 3.32. The van der Waals surface area contributed by atoms with Gasteiger partial charge in [-0.05, 0) is 32.1 Å². The van der Waals surface area contributed by atoms with Crippen LogP contribution in [0.1, 0.15) is 32.1 Å². The first-order chi connectivity index (χ1) is 7.27. The Labute approximate surface area is 90.8 Å². The molecule has 0 radical (unpaired) electrons. The minimum atomic E-state index is -0.261. The molecule has 2 atom stereocenters. The molecule has 15 heavy (non-hydrogen) atoms. The second-order valence-electron chi connectivity index (χ2n) is 4.50. The molecular weight excluding hydrogens is 192 g/mol. The van der Waals surface area contributed by atoms with Gasteiger partial charge in [-0.25, -0.2) is 0 Å². The number of likely N-dealkylation sites (tertiary alicyclic amines) is 1. The Balaban J connectivity index is 1.75. The van der Waals surface area contributed by atoms with Crippen molar-refractivity contribution in [1.82, 2.24) is 4.90 Å². The molecule has 2 fully saturated rings. The van der Waals surface area contributed by atoms with Gasteiger partial charge in [-0.2, -0.15) is 0 Å². The van der Waals surface area contributed by atoms with Crippen LogP contribution in [0.5, 0.6) is 0 Å². The molecule has 2 rings (SSSR count). The quantitative estimate of drug-likeness (QED) is 0.741. The van der Waals surface area contributed by atoms with Crippen LogP contribution < -0.4 is 5.73 Å². The normalized spacial score (nSPS) is 32.3. The van der Waals surface area contributed by atoms with E-state index in [1.165, 1.54) is 0 Å². The third-order valence-electron chi connectivity index (χ3n) is 3.32. The van der Waals surface area contributed by atoms with E-state index in [-0.39, 0.29) is 11.9 Å². The molecule has 4 heteroatoms. The van der Waals surface area contributed by atoms with Crippen LogP contribution in [0.4, 0.5) is 0 Å². The van der Waals surface area contributed by atoms with E-state index in [1.807, 2.05) is 4.90 Å². The first-order valence-corrected chi connectivity index (χ1v) is 5.93. The molecule has 0 aliphatic carbocycles. The van der Waals surface area contributed by atoms with Gasteiger partial charge < -0.3 is 15.4 Å². The van der Waals surface area contributed by atoms with Crippen LogP contribution in [0, 0.1) is 0 Å². The average molecular weight is 212 g/mol. The number of carbonyl (C=O) groups excluding carboxylic acids is 1. The second-order valence-corrected chi connectivity index (χ2v) is 4.50. The highest BCUT2D eigenvalue weighted by atomic mass is 16.5. The van der Waals surface area contributed by atoms with E-state index >= 15 is 0 Å². The fourth-order valence-corrected chi connectivity index (χ4v) is 2.36. The molecule has 2 heterocycles. The van der Waals surface area contributed by atoms with Crippen LogP contribution in [0.2, 0.25) is 0 Å². The fraction of sp³-hybridized carbons (Fsp3) is 0.909. The minimum absolute atomic E-state index is 0.124. The molecule has 0 aromatic rings. The monoisotopic (exact) mass is 212 g/mol. The van der Waals surface area contributed by atoms with E-state index in [9.17, 15) is 4.79 Å². The summed E-state index contributed by atoms with van der Waals surface area (Å²) < 4.78 is 5.54. The number of rotatable bonds is 3. The summed E-state index contributed by atoms with van der Waals surface area (Å²) in [5.41, 5.74) is 5.73. The summed E-state index contributed by atoms with van der Waals surface area (Å²) in [4.78, 5) is 13.6. The van der Waals surface area contributed by atoms with E-state index in [4.69, 9.17) is 10.5 Å². The molecule has 0 spiro atoms. The SMILES string of the molecule is NC1CCCN(CCC2CCCO2)C1=O. The largest absolute Gasteiger partial charge is 0.378 e. The molecule has 4 nitrogen and oxygen atoms in total. The van der Waals surface area contributed by atoms with E-state index in [0.29, 0.717) is 6.10 Å². The highest BCUT2D eigenvalue weighted by Crippen LogP contribution is 2.17. The lowest BCUT2D eigenvalue weighted by atomic mass is 10.0. The van der Waals surface area contributed by atoms with Crippen LogP contribution in [0.25, 0.3) is 0 Å². The van der Waals surface area contributed by atoms with E-state index in [0.717, 1.165) is 51.8 Å². The Bertz CT molecular complexity index is 227. The molecule has 0 bridgehead atoms. The first-order valence-electron chi connectivity index (χ1n) is 5.93. The van der Waals surface area contributed by atoms with E-state index < -0.39 is 0 Å². The van der Waals surface area contributed by atoms with Crippen molar-refractivity contribution in [3.05, 3.63) is 0 Å². The van der Waals surface area contributed by atoms with Gasteiger partial charge >= 0.3 is 0 Å². The zero-order chi connectivity index (χ0) is 10.7. The molecule has 0 aromatic carbocycles. The maximum atomic E-state index is 11.7. The number of ether oxygens (including phenoxy) is 1. The lowest BCUT2D eigenvalue weighted by Crippen LogP contribution is -2.48. The lowest BCUT2D eigenvalue weighted by molar-refractivity contribution is -0.135. The van der Waals surface area contributed by atoms with Crippen molar-refractivity contribution >= 4 is 5.91 Å². The van der Waals surface area contributed by atoms with Crippen LogP contribution >= 0.6 is 0 Å². The number of carbonyl (C=O) groups is 1. The molecule has 2 unspecified atom stereocenters. The molecule has 2 aliphatic rings. The van der Waals surface area contributed by atoms with Gasteiger partial charge in [0.1, 0.15) is 0 Å². The maximum Gasteiger partial charge on any atom is 0.239 e. The average Bonchev–Trinajstić information content (AvgIpc) is 2.73. The van der Waals surface area contributed by atoms with Gasteiger partial charge in [0.05, 0.1) is 12.1 Å². The third kappa shape index (κ3) is 2.69. The summed E-state index contributed by atoms with van der Waals surface area (Å²) in [5.74, 6) is 0.124. The summed E-state index contributed by atoms with van der Waals surface area (Å²) >= 11 is 0. The highest BCUT2D eigenvalue weighted by Gasteiger charge is 2.26. The van der Waals surface area contributed by atoms with Gasteiger partial charge in [-0.1, -0.05) is 0 Å². The highest BCUT2D eigenvalue weighted by molar-refractivity contribution is 5.82. The zero-order valence-electron chi connectivity index (χ0n) is 9.15. The van der Waals surface area contributed by atoms with Crippen molar-refractivity contribution in [2.45, 2.75) is 44.2 Å². The van der Waals surface area contributed by atoms with Crippen LogP contribution in [0.3, 0.4) is 0 Å². The summed E-state index contributed by atoms with van der Waals surface area (Å²) in [7, 11) is 0. The molecule has 2 aliphatic heterocycles. The van der Waals surface area contributed by atoms with Crippen molar-refractivity contribution in [1.29, 1.82) is 0 Å². The van der Waals surface area contributed by atoms with E-state index in [2.05, 4.69) is 0 Å². The van der Waals surface area contributed by atoms with Gasteiger partial charge in [-0.3, -0.25) is 4.79 Å².